The van der Waals surface area contributed by atoms with Crippen molar-refractivity contribution in [3.8, 4) is 0 Å². The van der Waals surface area contributed by atoms with Crippen LogP contribution in [-0.4, -0.2) is 17.6 Å². The van der Waals surface area contributed by atoms with Gasteiger partial charge in [0, 0.05) is 6.20 Å². The maximum atomic E-state index is 11.4. The molecule has 0 radical (unpaired) electrons. The lowest BCUT2D eigenvalue weighted by Gasteiger charge is -2.01. The smallest absolute Gasteiger partial charge is 0.340 e. The largest absolute Gasteiger partial charge is 0.458 e. The Morgan fingerprint density at radius 2 is 2.27 bits per heavy atom. The maximum absolute atomic E-state index is 11.4. The number of esters is 1. The van der Waals surface area contributed by atoms with Gasteiger partial charge in [0.2, 0.25) is 0 Å². The molecule has 0 spiro atoms. The molecule has 1 aromatic rings. The van der Waals surface area contributed by atoms with Crippen LogP contribution >= 0.6 is 0 Å². The highest BCUT2D eigenvalue weighted by Crippen LogP contribution is 2.03. The summed E-state index contributed by atoms with van der Waals surface area (Å²) in [5, 5.41) is 0. The van der Waals surface area contributed by atoms with Crippen LogP contribution in [0.15, 0.2) is 30.0 Å². The second-order valence-electron chi connectivity index (χ2n) is 3.35. The number of ether oxygens (including phenoxy) is 1. The molecule has 0 amide bonds. The molecule has 2 N–H and O–H groups in total. The quantitative estimate of drug-likeness (QED) is 0.604. The van der Waals surface area contributed by atoms with Crippen molar-refractivity contribution in [1.29, 1.82) is 0 Å². The molecule has 4 nitrogen and oxygen atoms in total. The van der Waals surface area contributed by atoms with Crippen molar-refractivity contribution < 1.29 is 9.53 Å². The summed E-state index contributed by atoms with van der Waals surface area (Å²) in [5.74, 6) is -0.00384. The van der Waals surface area contributed by atoms with E-state index in [2.05, 4.69) is 4.98 Å². The topological polar surface area (TPSA) is 65.2 Å². The molecule has 1 rings (SSSR count). The van der Waals surface area contributed by atoms with Gasteiger partial charge in [0.25, 0.3) is 0 Å². The Labute approximate surface area is 88.8 Å². The van der Waals surface area contributed by atoms with Gasteiger partial charge in [0.1, 0.15) is 12.4 Å². The zero-order valence-electron chi connectivity index (χ0n) is 8.86. The lowest BCUT2D eigenvalue weighted by Crippen LogP contribution is -2.06. The highest BCUT2D eigenvalue weighted by Gasteiger charge is 2.05. The maximum Gasteiger partial charge on any atom is 0.340 e. The fourth-order valence-corrected chi connectivity index (χ4v) is 0.893. The number of aromatic nitrogens is 1. The zero-order chi connectivity index (χ0) is 11.3. The van der Waals surface area contributed by atoms with E-state index in [1.54, 1.807) is 12.1 Å². The molecule has 0 aromatic carbocycles. The highest BCUT2D eigenvalue weighted by molar-refractivity contribution is 5.89. The Morgan fingerprint density at radius 1 is 1.53 bits per heavy atom. The molecule has 0 aliphatic rings. The number of anilines is 1. The first-order chi connectivity index (χ1) is 7.09. The van der Waals surface area contributed by atoms with Crippen LogP contribution in [0.25, 0.3) is 0 Å². The first-order valence-electron chi connectivity index (χ1n) is 4.61. The fourth-order valence-electron chi connectivity index (χ4n) is 0.893. The van der Waals surface area contributed by atoms with Crippen molar-refractivity contribution in [2.45, 2.75) is 13.8 Å². The number of carbonyl (C=O) groups is 1. The molecule has 0 unspecified atom stereocenters. The van der Waals surface area contributed by atoms with Crippen LogP contribution in [0.3, 0.4) is 0 Å². The summed E-state index contributed by atoms with van der Waals surface area (Å²) in [5.41, 5.74) is 6.91. The lowest BCUT2D eigenvalue weighted by molar-refractivity contribution is 0.0548. The van der Waals surface area contributed by atoms with E-state index in [1.807, 2.05) is 19.9 Å². The van der Waals surface area contributed by atoms with Gasteiger partial charge in [-0.1, -0.05) is 5.57 Å². The molecule has 0 atom stereocenters. The van der Waals surface area contributed by atoms with Gasteiger partial charge in [-0.05, 0) is 32.1 Å². The number of nitrogens with two attached hydrogens (primary N) is 1. The van der Waals surface area contributed by atoms with E-state index >= 15 is 0 Å². The number of pyridine rings is 1. The van der Waals surface area contributed by atoms with Crippen LogP contribution in [0.1, 0.15) is 24.2 Å². The molecule has 0 bridgehead atoms. The molecule has 0 aliphatic carbocycles. The molecule has 1 heterocycles. The van der Waals surface area contributed by atoms with Gasteiger partial charge in [-0.25, -0.2) is 9.78 Å². The lowest BCUT2D eigenvalue weighted by atomic mass is 10.3. The van der Waals surface area contributed by atoms with Crippen molar-refractivity contribution in [2.75, 3.05) is 12.3 Å². The molecule has 15 heavy (non-hydrogen) atoms. The number of rotatable bonds is 3. The average Bonchev–Trinajstić information content (AvgIpc) is 2.18. The molecule has 0 saturated heterocycles. The van der Waals surface area contributed by atoms with Crippen LogP contribution in [0.5, 0.6) is 0 Å². The van der Waals surface area contributed by atoms with Crippen LogP contribution < -0.4 is 5.73 Å². The molecule has 0 saturated carbocycles. The predicted molar refractivity (Wildman–Crippen MR) is 58.4 cm³/mol. The van der Waals surface area contributed by atoms with Gasteiger partial charge in [0.05, 0.1) is 5.56 Å². The monoisotopic (exact) mass is 206 g/mol. The first kappa shape index (κ1) is 11.2. The minimum absolute atomic E-state index is 0.283. The van der Waals surface area contributed by atoms with Gasteiger partial charge < -0.3 is 10.5 Å². The van der Waals surface area contributed by atoms with Gasteiger partial charge >= 0.3 is 5.97 Å². The van der Waals surface area contributed by atoms with E-state index in [-0.39, 0.29) is 12.6 Å². The second kappa shape index (κ2) is 5.14. The van der Waals surface area contributed by atoms with Crippen molar-refractivity contribution in [2.24, 2.45) is 0 Å². The fraction of sp³-hybridized carbons (Fsp3) is 0.273. The van der Waals surface area contributed by atoms with Crippen molar-refractivity contribution in [1.82, 2.24) is 4.98 Å². The molecular weight excluding hydrogens is 192 g/mol. The number of allylic oxidation sites excluding steroid dienone is 1. The van der Waals surface area contributed by atoms with E-state index < -0.39 is 0 Å². The van der Waals surface area contributed by atoms with E-state index in [0.29, 0.717) is 11.4 Å². The Bertz CT molecular complexity index is 365. The Hall–Kier alpha value is -1.84. The van der Waals surface area contributed by atoms with Crippen molar-refractivity contribution in [3.05, 3.63) is 35.5 Å². The summed E-state index contributed by atoms with van der Waals surface area (Å²) in [6.45, 7) is 4.17. The first-order valence-corrected chi connectivity index (χ1v) is 4.61. The average molecular weight is 206 g/mol. The zero-order valence-corrected chi connectivity index (χ0v) is 8.86. The Balaban J connectivity index is 2.54. The summed E-state index contributed by atoms with van der Waals surface area (Å²) >= 11 is 0. The number of carbonyl (C=O) groups excluding carboxylic acids is 1. The minimum Gasteiger partial charge on any atom is -0.458 e. The SMILES string of the molecule is CC(C)=CCOC(=O)c1ccc(N)nc1. The summed E-state index contributed by atoms with van der Waals surface area (Å²) in [4.78, 5) is 15.2. The van der Waals surface area contributed by atoms with Gasteiger partial charge in [-0.2, -0.15) is 0 Å². The molecule has 0 fully saturated rings. The van der Waals surface area contributed by atoms with E-state index in [1.165, 1.54) is 6.20 Å². The van der Waals surface area contributed by atoms with Crippen molar-refractivity contribution in [3.63, 3.8) is 0 Å². The third-order valence-electron chi connectivity index (χ3n) is 1.73. The molecule has 1 aromatic heterocycles. The standard InChI is InChI=1S/C11H14N2O2/c1-8(2)5-6-15-11(14)9-3-4-10(12)13-7-9/h3-5,7H,6H2,1-2H3,(H2,12,13). The number of nitrogens with zero attached hydrogens (tertiary/aromatic N) is 1. The summed E-state index contributed by atoms with van der Waals surface area (Å²) in [6, 6.07) is 3.16. The number of hydrogen-bond acceptors (Lipinski definition) is 4. The van der Waals surface area contributed by atoms with Gasteiger partial charge in [-0.3, -0.25) is 0 Å². The minimum atomic E-state index is -0.389. The molecular formula is C11H14N2O2. The Morgan fingerprint density at radius 3 is 2.80 bits per heavy atom. The van der Waals surface area contributed by atoms with E-state index in [0.717, 1.165) is 5.57 Å². The van der Waals surface area contributed by atoms with Crippen LogP contribution in [-0.2, 0) is 4.74 Å². The van der Waals surface area contributed by atoms with Gasteiger partial charge in [0.15, 0.2) is 0 Å². The molecule has 80 valence electrons. The predicted octanol–water partition coefficient (Wildman–Crippen LogP) is 1.79. The van der Waals surface area contributed by atoms with Crippen LogP contribution in [0, 0.1) is 0 Å². The van der Waals surface area contributed by atoms with Gasteiger partial charge in [-0.15, -0.1) is 0 Å². The van der Waals surface area contributed by atoms with E-state index in [9.17, 15) is 4.79 Å². The normalized spacial score (nSPS) is 9.47. The molecule has 0 aliphatic heterocycles. The number of nitrogen functional groups attached to an aromatic ring is 1. The van der Waals surface area contributed by atoms with Crippen LogP contribution in [0.2, 0.25) is 0 Å². The third kappa shape index (κ3) is 3.81. The van der Waals surface area contributed by atoms with Crippen LogP contribution in [0.4, 0.5) is 5.82 Å². The van der Waals surface area contributed by atoms with E-state index in [4.69, 9.17) is 10.5 Å². The highest BCUT2D eigenvalue weighted by atomic mass is 16.5. The summed E-state index contributed by atoms with van der Waals surface area (Å²) in [6.07, 6.45) is 3.24. The third-order valence-corrected chi connectivity index (χ3v) is 1.73. The Kier molecular flexibility index (Phi) is 3.85. The summed E-state index contributed by atoms with van der Waals surface area (Å²) in [7, 11) is 0. The number of hydrogen-bond donors (Lipinski definition) is 1. The molecule has 4 heteroatoms. The van der Waals surface area contributed by atoms with Crippen molar-refractivity contribution >= 4 is 11.8 Å². The second-order valence-corrected chi connectivity index (χ2v) is 3.35. The summed E-state index contributed by atoms with van der Waals surface area (Å²) < 4.78 is 4.98.